The highest BCUT2D eigenvalue weighted by Crippen LogP contribution is 2.35. The zero-order valence-corrected chi connectivity index (χ0v) is 16.8. The summed E-state index contributed by atoms with van der Waals surface area (Å²) >= 11 is 12.8. The lowest BCUT2D eigenvalue weighted by atomic mass is 10.1. The van der Waals surface area contributed by atoms with Crippen molar-refractivity contribution in [2.75, 3.05) is 7.11 Å². The van der Waals surface area contributed by atoms with Gasteiger partial charge in [-0.1, -0.05) is 35.3 Å². The van der Waals surface area contributed by atoms with Gasteiger partial charge in [0.25, 0.3) is 11.1 Å². The maximum Gasteiger partial charge on any atom is 0.341 e. The van der Waals surface area contributed by atoms with Gasteiger partial charge in [0.05, 0.1) is 18.6 Å². The molecule has 0 spiro atoms. The maximum atomic E-state index is 12.7. The molecule has 0 saturated carbocycles. The van der Waals surface area contributed by atoms with Gasteiger partial charge >= 0.3 is 5.97 Å². The van der Waals surface area contributed by atoms with Gasteiger partial charge in [-0.2, -0.15) is 0 Å². The number of ether oxygens (including phenoxy) is 1. The monoisotopic (exact) mass is 437 g/mol. The van der Waals surface area contributed by atoms with Gasteiger partial charge in [-0.3, -0.25) is 14.5 Å². The van der Waals surface area contributed by atoms with Gasteiger partial charge in [0.15, 0.2) is 0 Å². The number of phenolic OH excluding ortho intramolecular Hbond substituents is 1. The summed E-state index contributed by atoms with van der Waals surface area (Å²) in [7, 11) is 1.20. The number of halogens is 2. The fourth-order valence-corrected chi connectivity index (χ4v) is 3.83. The van der Waals surface area contributed by atoms with Crippen LogP contribution in [-0.2, 0) is 16.1 Å². The predicted molar refractivity (Wildman–Crippen MR) is 107 cm³/mol. The Kier molecular flexibility index (Phi) is 5.98. The van der Waals surface area contributed by atoms with Crippen molar-refractivity contribution >= 4 is 58.2 Å². The number of thioether (sulfide) groups is 1. The second kappa shape index (κ2) is 8.26. The van der Waals surface area contributed by atoms with Gasteiger partial charge in [-0.25, -0.2) is 4.79 Å². The van der Waals surface area contributed by atoms with Crippen molar-refractivity contribution in [1.29, 1.82) is 0 Å². The molecular weight excluding hydrogens is 425 g/mol. The van der Waals surface area contributed by atoms with Crippen molar-refractivity contribution in [3.8, 4) is 5.75 Å². The number of nitrogens with zero attached hydrogens (tertiary/aromatic N) is 1. The highest BCUT2D eigenvalue weighted by Gasteiger charge is 2.35. The molecule has 0 atom stereocenters. The lowest BCUT2D eigenvalue weighted by Crippen LogP contribution is -2.27. The predicted octanol–water partition coefficient (Wildman–Crippen LogP) is 4.72. The first-order chi connectivity index (χ1) is 13.3. The molecule has 9 heteroatoms. The van der Waals surface area contributed by atoms with Crippen molar-refractivity contribution in [2.24, 2.45) is 0 Å². The lowest BCUT2D eigenvalue weighted by Gasteiger charge is -2.13. The van der Waals surface area contributed by atoms with E-state index in [4.69, 9.17) is 23.2 Å². The minimum atomic E-state index is -0.710. The summed E-state index contributed by atoms with van der Waals surface area (Å²) in [5.41, 5.74) is 1.02. The van der Waals surface area contributed by atoms with Crippen LogP contribution >= 0.6 is 35.0 Å². The smallest absolute Gasteiger partial charge is 0.341 e. The van der Waals surface area contributed by atoms with E-state index in [0.29, 0.717) is 21.2 Å². The fraction of sp³-hybridized carbons (Fsp3) is 0.105. The summed E-state index contributed by atoms with van der Waals surface area (Å²) in [6.07, 6.45) is 1.47. The van der Waals surface area contributed by atoms with Crippen LogP contribution < -0.4 is 0 Å². The highest BCUT2D eigenvalue weighted by atomic mass is 35.5. The number of carbonyl (C=O) groups is 3. The molecule has 0 aliphatic carbocycles. The molecule has 1 fully saturated rings. The van der Waals surface area contributed by atoms with E-state index in [0.717, 1.165) is 16.7 Å². The number of esters is 1. The normalized spacial score (nSPS) is 15.4. The average Bonchev–Trinajstić information content (AvgIpc) is 2.92. The van der Waals surface area contributed by atoms with Crippen molar-refractivity contribution < 1.29 is 24.2 Å². The van der Waals surface area contributed by atoms with E-state index in [1.54, 1.807) is 12.1 Å². The first-order valence-corrected chi connectivity index (χ1v) is 9.48. The van der Waals surface area contributed by atoms with Gasteiger partial charge in [0.2, 0.25) is 0 Å². The Bertz CT molecular complexity index is 1020. The van der Waals surface area contributed by atoms with Crippen molar-refractivity contribution in [3.05, 3.63) is 68.0 Å². The minimum Gasteiger partial charge on any atom is -0.507 e. The molecule has 6 nitrogen and oxygen atoms in total. The Balaban J connectivity index is 1.86. The van der Waals surface area contributed by atoms with Crippen LogP contribution in [-0.4, -0.2) is 34.2 Å². The maximum absolute atomic E-state index is 12.7. The number of aromatic hydroxyl groups is 1. The average molecular weight is 438 g/mol. The van der Waals surface area contributed by atoms with Crippen molar-refractivity contribution in [1.82, 2.24) is 4.90 Å². The summed E-state index contributed by atoms with van der Waals surface area (Å²) in [5, 5.41) is 10.1. The topological polar surface area (TPSA) is 83.9 Å². The molecule has 2 aromatic rings. The van der Waals surface area contributed by atoms with Crippen LogP contribution in [0.2, 0.25) is 10.0 Å². The number of hydrogen-bond acceptors (Lipinski definition) is 6. The molecule has 1 aliphatic heterocycles. The van der Waals surface area contributed by atoms with Gasteiger partial charge in [-0.15, -0.1) is 0 Å². The van der Waals surface area contributed by atoms with Crippen LogP contribution in [0.15, 0.2) is 41.3 Å². The summed E-state index contributed by atoms with van der Waals surface area (Å²) in [4.78, 5) is 37.9. The Morgan fingerprint density at radius 2 is 1.96 bits per heavy atom. The molecule has 1 N–H and O–H groups in total. The van der Waals surface area contributed by atoms with Gasteiger partial charge in [-0.05, 0) is 53.2 Å². The van der Waals surface area contributed by atoms with Gasteiger partial charge in [0.1, 0.15) is 11.3 Å². The van der Waals surface area contributed by atoms with Crippen LogP contribution in [0.25, 0.3) is 6.08 Å². The van der Waals surface area contributed by atoms with Crippen LogP contribution in [0.4, 0.5) is 4.79 Å². The third kappa shape index (κ3) is 4.16. The van der Waals surface area contributed by atoms with Gasteiger partial charge < -0.3 is 9.84 Å². The molecule has 0 unspecified atom stereocenters. The molecule has 0 bridgehead atoms. The quantitative estimate of drug-likeness (QED) is 0.549. The van der Waals surface area contributed by atoms with Crippen molar-refractivity contribution in [2.45, 2.75) is 6.54 Å². The number of amides is 2. The number of imide groups is 1. The number of benzene rings is 2. The lowest BCUT2D eigenvalue weighted by molar-refractivity contribution is -0.123. The standard InChI is InChI=1S/C19H13Cl2NO5S/c1-27-18(25)13-6-10(2-5-15(13)23)7-16-17(24)22(19(26)28-16)9-11-3-4-12(20)8-14(11)21/h2-8,23H,9H2,1H3/b16-7+. The summed E-state index contributed by atoms with van der Waals surface area (Å²) in [6.45, 7) is 0.0149. The number of carbonyl (C=O) groups excluding carboxylic acids is 3. The summed E-state index contributed by atoms with van der Waals surface area (Å²) < 4.78 is 4.61. The molecule has 0 radical (unpaired) electrons. The largest absolute Gasteiger partial charge is 0.507 e. The van der Waals surface area contributed by atoms with E-state index in [-0.39, 0.29) is 22.8 Å². The van der Waals surface area contributed by atoms with Crippen LogP contribution in [0.1, 0.15) is 21.5 Å². The molecule has 3 rings (SSSR count). The Morgan fingerprint density at radius 1 is 1.21 bits per heavy atom. The van der Waals surface area contributed by atoms with E-state index < -0.39 is 17.1 Å². The minimum absolute atomic E-state index is 0.0149. The zero-order chi connectivity index (χ0) is 20.4. The van der Waals surface area contributed by atoms with Gasteiger partial charge in [0, 0.05) is 10.0 Å². The molecule has 0 aromatic heterocycles. The summed E-state index contributed by atoms with van der Waals surface area (Å²) in [5.74, 6) is -1.43. The molecule has 2 amide bonds. The third-order valence-electron chi connectivity index (χ3n) is 3.94. The Morgan fingerprint density at radius 3 is 2.64 bits per heavy atom. The molecule has 1 heterocycles. The Hall–Kier alpha value is -2.48. The number of phenols is 1. The second-order valence-electron chi connectivity index (χ2n) is 5.77. The summed E-state index contributed by atoms with van der Waals surface area (Å²) in [6, 6.07) is 9.04. The molecule has 28 heavy (non-hydrogen) atoms. The molecule has 1 saturated heterocycles. The van der Waals surface area contributed by atoms with E-state index >= 15 is 0 Å². The second-order valence-corrected chi connectivity index (χ2v) is 7.61. The number of rotatable bonds is 4. The van der Waals surface area contributed by atoms with Crippen LogP contribution in [0, 0.1) is 0 Å². The molecule has 2 aromatic carbocycles. The van der Waals surface area contributed by atoms with Crippen LogP contribution in [0.3, 0.4) is 0 Å². The SMILES string of the molecule is COC(=O)c1cc(/C=C2/SC(=O)N(Cc3ccc(Cl)cc3Cl)C2=O)ccc1O. The first-order valence-electron chi connectivity index (χ1n) is 7.90. The number of methoxy groups -OCH3 is 1. The molecule has 1 aliphatic rings. The highest BCUT2D eigenvalue weighted by molar-refractivity contribution is 8.18. The van der Waals surface area contributed by atoms with E-state index in [9.17, 15) is 19.5 Å². The van der Waals surface area contributed by atoms with E-state index in [2.05, 4.69) is 4.74 Å². The molecule has 144 valence electrons. The van der Waals surface area contributed by atoms with E-state index in [1.165, 1.54) is 37.5 Å². The fourth-order valence-electron chi connectivity index (χ4n) is 2.52. The third-order valence-corrected chi connectivity index (χ3v) is 5.44. The first kappa shape index (κ1) is 20.3. The van der Waals surface area contributed by atoms with E-state index in [1.807, 2.05) is 0 Å². The van der Waals surface area contributed by atoms with Crippen molar-refractivity contribution in [3.63, 3.8) is 0 Å². The Labute approximate surface area is 174 Å². The van der Waals surface area contributed by atoms with Crippen LogP contribution in [0.5, 0.6) is 5.75 Å². The number of hydrogen-bond donors (Lipinski definition) is 1. The zero-order valence-electron chi connectivity index (χ0n) is 14.4. The molecular formula is C19H13Cl2NO5S.